The quantitative estimate of drug-likeness (QED) is 0.596. The second-order valence-electron chi connectivity index (χ2n) is 6.39. The third kappa shape index (κ3) is 5.28. The Kier molecular flexibility index (Phi) is 7.68. The predicted molar refractivity (Wildman–Crippen MR) is 101 cm³/mol. The van der Waals surface area contributed by atoms with Gasteiger partial charge in [-0.1, -0.05) is 6.92 Å². The number of thioether (sulfide) groups is 1. The Morgan fingerprint density at radius 2 is 1.79 bits per heavy atom. The van der Waals surface area contributed by atoms with Gasteiger partial charge in [-0.3, -0.25) is 9.79 Å². The van der Waals surface area contributed by atoms with Gasteiger partial charge >= 0.3 is 0 Å². The van der Waals surface area contributed by atoms with Crippen LogP contribution in [0.25, 0.3) is 0 Å². The van der Waals surface area contributed by atoms with E-state index in [0.717, 1.165) is 77.0 Å². The Morgan fingerprint density at radius 1 is 1.17 bits per heavy atom. The number of rotatable bonds is 5. The van der Waals surface area contributed by atoms with Crippen molar-refractivity contribution in [3.63, 3.8) is 0 Å². The highest BCUT2D eigenvalue weighted by atomic mass is 32.2. The van der Waals surface area contributed by atoms with Crippen molar-refractivity contribution in [2.24, 2.45) is 4.99 Å². The fraction of sp³-hybridized carbons (Fsp3) is 0.882. The van der Waals surface area contributed by atoms with Crippen LogP contribution in [-0.4, -0.2) is 84.6 Å². The van der Waals surface area contributed by atoms with Crippen LogP contribution in [0.4, 0.5) is 0 Å². The SMILES string of the molecule is CCNC(=NCC1(SCC)CCOCC1)N1CCN(C(C)=O)CC1. The lowest BCUT2D eigenvalue weighted by Crippen LogP contribution is -2.53. The van der Waals surface area contributed by atoms with Crippen LogP contribution in [0.3, 0.4) is 0 Å². The molecule has 2 aliphatic rings. The number of hydrogen-bond acceptors (Lipinski definition) is 4. The number of piperazine rings is 1. The molecule has 6 nitrogen and oxygen atoms in total. The predicted octanol–water partition coefficient (Wildman–Crippen LogP) is 1.42. The molecule has 2 aliphatic heterocycles. The summed E-state index contributed by atoms with van der Waals surface area (Å²) >= 11 is 2.02. The standard InChI is InChI=1S/C17H32N4O2S/c1-4-18-16(21-10-8-20(9-11-21)15(3)22)19-14-17(24-5-2)6-12-23-13-7-17/h4-14H2,1-3H3,(H,18,19). The lowest BCUT2D eigenvalue weighted by molar-refractivity contribution is -0.130. The van der Waals surface area contributed by atoms with Gasteiger partial charge in [-0.05, 0) is 25.5 Å². The number of carbonyl (C=O) groups excluding carboxylic acids is 1. The van der Waals surface area contributed by atoms with E-state index in [1.54, 1.807) is 6.92 Å². The fourth-order valence-corrected chi connectivity index (χ4v) is 4.50. The van der Waals surface area contributed by atoms with Crippen molar-refractivity contribution >= 4 is 23.6 Å². The number of ether oxygens (including phenoxy) is 1. The number of nitrogens with one attached hydrogen (secondary N) is 1. The minimum Gasteiger partial charge on any atom is -0.381 e. The van der Waals surface area contributed by atoms with Crippen LogP contribution in [0.5, 0.6) is 0 Å². The van der Waals surface area contributed by atoms with Crippen molar-refractivity contribution in [2.45, 2.75) is 38.4 Å². The first-order chi connectivity index (χ1) is 11.6. The Hall–Kier alpha value is -0.950. The maximum atomic E-state index is 11.5. The van der Waals surface area contributed by atoms with Gasteiger partial charge in [-0.2, -0.15) is 11.8 Å². The zero-order valence-corrected chi connectivity index (χ0v) is 16.2. The van der Waals surface area contributed by atoms with Gasteiger partial charge in [0.15, 0.2) is 5.96 Å². The topological polar surface area (TPSA) is 57.2 Å². The fourth-order valence-electron chi connectivity index (χ4n) is 3.28. The van der Waals surface area contributed by atoms with Gasteiger partial charge in [0.05, 0.1) is 6.54 Å². The number of nitrogens with zero attached hydrogens (tertiary/aromatic N) is 3. The van der Waals surface area contributed by atoms with Gasteiger partial charge in [0.1, 0.15) is 0 Å². The van der Waals surface area contributed by atoms with E-state index in [0.29, 0.717) is 0 Å². The molecule has 0 atom stereocenters. The highest BCUT2D eigenvalue weighted by Crippen LogP contribution is 2.35. The zero-order valence-electron chi connectivity index (χ0n) is 15.3. The summed E-state index contributed by atoms with van der Waals surface area (Å²) in [6, 6.07) is 0. The summed E-state index contributed by atoms with van der Waals surface area (Å²) in [4.78, 5) is 20.7. The molecule has 0 saturated carbocycles. The molecule has 2 saturated heterocycles. The summed E-state index contributed by atoms with van der Waals surface area (Å²) in [6.45, 7) is 12.6. The summed E-state index contributed by atoms with van der Waals surface area (Å²) in [7, 11) is 0. The van der Waals surface area contributed by atoms with Gasteiger partial charge in [-0.15, -0.1) is 0 Å². The molecule has 0 unspecified atom stereocenters. The van der Waals surface area contributed by atoms with E-state index < -0.39 is 0 Å². The van der Waals surface area contributed by atoms with Crippen molar-refractivity contribution in [3.05, 3.63) is 0 Å². The molecular formula is C17H32N4O2S. The van der Waals surface area contributed by atoms with Crippen molar-refractivity contribution in [1.82, 2.24) is 15.1 Å². The van der Waals surface area contributed by atoms with Gasteiger partial charge in [-0.25, -0.2) is 0 Å². The number of guanidine groups is 1. The van der Waals surface area contributed by atoms with Crippen LogP contribution in [0.2, 0.25) is 0 Å². The molecule has 0 radical (unpaired) electrons. The lowest BCUT2D eigenvalue weighted by Gasteiger charge is -2.38. The van der Waals surface area contributed by atoms with E-state index >= 15 is 0 Å². The molecular weight excluding hydrogens is 324 g/mol. The molecule has 2 rings (SSSR count). The molecule has 0 bridgehead atoms. The Morgan fingerprint density at radius 3 is 2.33 bits per heavy atom. The third-order valence-electron chi connectivity index (χ3n) is 4.73. The first-order valence-electron chi connectivity index (χ1n) is 9.10. The zero-order chi connectivity index (χ0) is 17.4. The van der Waals surface area contributed by atoms with Crippen LogP contribution in [0.1, 0.15) is 33.6 Å². The summed E-state index contributed by atoms with van der Waals surface area (Å²) in [5.74, 6) is 2.27. The average Bonchev–Trinajstić information content (AvgIpc) is 2.60. The van der Waals surface area contributed by atoms with Gasteiger partial charge in [0.2, 0.25) is 5.91 Å². The van der Waals surface area contributed by atoms with Crippen LogP contribution >= 0.6 is 11.8 Å². The summed E-state index contributed by atoms with van der Waals surface area (Å²) in [5, 5.41) is 3.43. The number of hydrogen-bond donors (Lipinski definition) is 1. The summed E-state index contributed by atoms with van der Waals surface area (Å²) < 4.78 is 5.77. The summed E-state index contributed by atoms with van der Waals surface area (Å²) in [5.41, 5.74) is 0. The molecule has 1 amide bonds. The minimum absolute atomic E-state index is 0.164. The molecule has 7 heteroatoms. The first kappa shape index (κ1) is 19.4. The second-order valence-corrected chi connectivity index (χ2v) is 8.12. The first-order valence-corrected chi connectivity index (χ1v) is 10.1. The molecule has 24 heavy (non-hydrogen) atoms. The average molecular weight is 357 g/mol. The molecule has 0 spiro atoms. The molecule has 0 aliphatic carbocycles. The molecule has 0 aromatic carbocycles. The van der Waals surface area contributed by atoms with Crippen LogP contribution in [0.15, 0.2) is 4.99 Å². The monoisotopic (exact) mass is 356 g/mol. The second kappa shape index (κ2) is 9.51. The molecule has 0 aromatic rings. The van der Waals surface area contributed by atoms with E-state index in [2.05, 4.69) is 24.1 Å². The van der Waals surface area contributed by atoms with Gasteiger partial charge in [0.25, 0.3) is 0 Å². The Balaban J connectivity index is 2.00. The minimum atomic E-state index is 0.164. The molecule has 2 heterocycles. The van der Waals surface area contributed by atoms with Crippen LogP contribution in [0, 0.1) is 0 Å². The van der Waals surface area contributed by atoms with Crippen molar-refractivity contribution in [3.8, 4) is 0 Å². The van der Waals surface area contributed by atoms with E-state index in [1.165, 1.54) is 0 Å². The van der Waals surface area contributed by atoms with Crippen molar-refractivity contribution in [1.29, 1.82) is 0 Å². The number of carbonyl (C=O) groups is 1. The maximum Gasteiger partial charge on any atom is 0.219 e. The van der Waals surface area contributed by atoms with Crippen LogP contribution in [-0.2, 0) is 9.53 Å². The molecule has 0 aromatic heterocycles. The van der Waals surface area contributed by atoms with Crippen molar-refractivity contribution < 1.29 is 9.53 Å². The normalized spacial score (nSPS) is 21.7. The third-order valence-corrected chi connectivity index (χ3v) is 6.17. The van der Waals surface area contributed by atoms with E-state index in [9.17, 15) is 4.79 Å². The van der Waals surface area contributed by atoms with Crippen molar-refractivity contribution in [2.75, 3.05) is 58.2 Å². The Labute approximate surface area is 150 Å². The van der Waals surface area contributed by atoms with E-state index in [-0.39, 0.29) is 10.7 Å². The highest BCUT2D eigenvalue weighted by molar-refractivity contribution is 8.00. The number of aliphatic imine (C=N–C) groups is 1. The molecule has 138 valence electrons. The van der Waals surface area contributed by atoms with E-state index in [4.69, 9.17) is 9.73 Å². The Bertz CT molecular complexity index is 425. The lowest BCUT2D eigenvalue weighted by atomic mass is 9.99. The molecule has 2 fully saturated rings. The highest BCUT2D eigenvalue weighted by Gasteiger charge is 2.33. The van der Waals surface area contributed by atoms with Crippen LogP contribution < -0.4 is 5.32 Å². The largest absolute Gasteiger partial charge is 0.381 e. The van der Waals surface area contributed by atoms with Gasteiger partial charge in [0, 0.05) is 57.6 Å². The van der Waals surface area contributed by atoms with E-state index in [1.807, 2.05) is 16.7 Å². The number of amides is 1. The smallest absolute Gasteiger partial charge is 0.219 e. The summed E-state index contributed by atoms with van der Waals surface area (Å²) in [6.07, 6.45) is 2.15. The molecule has 1 N–H and O–H groups in total. The van der Waals surface area contributed by atoms with Gasteiger partial charge < -0.3 is 19.9 Å². The maximum absolute atomic E-state index is 11.5.